The van der Waals surface area contributed by atoms with Crippen LogP contribution in [-0.4, -0.2) is 17.3 Å². The van der Waals surface area contributed by atoms with Gasteiger partial charge in [0.15, 0.2) is 5.17 Å². The highest BCUT2D eigenvalue weighted by Gasteiger charge is 2.61. The standard InChI is InChI=1S/C11H5Cl2F8N/c1-4-2-5(10(16,17)18)3-6(12)7(4)22-8(13)9(14,15)11(19,20)21/h2-3H,1H3. The van der Waals surface area contributed by atoms with E-state index in [2.05, 4.69) is 4.99 Å². The smallest absolute Gasteiger partial charge is 0.233 e. The quantitative estimate of drug-likeness (QED) is 0.436. The van der Waals surface area contributed by atoms with Crippen LogP contribution in [0.5, 0.6) is 0 Å². The van der Waals surface area contributed by atoms with Crippen LogP contribution >= 0.6 is 23.2 Å². The summed E-state index contributed by atoms with van der Waals surface area (Å²) >= 11 is 10.3. The monoisotopic (exact) mass is 373 g/mol. The van der Waals surface area contributed by atoms with Crippen LogP contribution in [0, 0.1) is 6.92 Å². The van der Waals surface area contributed by atoms with Crippen molar-refractivity contribution in [2.75, 3.05) is 0 Å². The maximum atomic E-state index is 12.9. The lowest BCUT2D eigenvalue weighted by atomic mass is 10.1. The Bertz CT molecular complexity index is 580. The molecule has 0 aliphatic rings. The molecule has 0 aromatic heterocycles. The number of hydrogen-bond donors (Lipinski definition) is 0. The molecule has 1 nitrogen and oxygen atoms in total. The Kier molecular flexibility index (Phi) is 5.03. The third-order valence-corrected chi connectivity index (χ3v) is 3.02. The van der Waals surface area contributed by atoms with Gasteiger partial charge >= 0.3 is 18.3 Å². The molecule has 0 amide bonds. The number of nitrogens with zero attached hydrogens (tertiary/aromatic N) is 1. The summed E-state index contributed by atoms with van der Waals surface area (Å²) in [6, 6.07) is 0.851. The average molecular weight is 374 g/mol. The molecule has 0 saturated heterocycles. The fraction of sp³-hybridized carbons (Fsp3) is 0.364. The van der Waals surface area contributed by atoms with E-state index in [0.29, 0.717) is 12.1 Å². The Morgan fingerprint density at radius 2 is 1.50 bits per heavy atom. The highest BCUT2D eigenvalue weighted by molar-refractivity contribution is 6.67. The number of rotatable bonds is 2. The van der Waals surface area contributed by atoms with E-state index in [-0.39, 0.29) is 5.56 Å². The van der Waals surface area contributed by atoms with Crippen LogP contribution in [0.2, 0.25) is 5.02 Å². The summed E-state index contributed by atoms with van der Waals surface area (Å²) in [6.45, 7) is 1.01. The first-order chi connectivity index (χ1) is 9.68. The third kappa shape index (κ3) is 3.81. The van der Waals surface area contributed by atoms with Gasteiger partial charge in [-0.15, -0.1) is 0 Å². The minimum Gasteiger partial charge on any atom is -0.233 e. The van der Waals surface area contributed by atoms with E-state index in [4.69, 9.17) is 23.2 Å². The van der Waals surface area contributed by atoms with E-state index < -0.39 is 39.7 Å². The zero-order valence-electron chi connectivity index (χ0n) is 10.4. The van der Waals surface area contributed by atoms with Gasteiger partial charge in [0, 0.05) is 0 Å². The molecule has 0 spiro atoms. The lowest BCUT2D eigenvalue weighted by Crippen LogP contribution is -2.41. The van der Waals surface area contributed by atoms with Gasteiger partial charge in [0.2, 0.25) is 0 Å². The van der Waals surface area contributed by atoms with Gasteiger partial charge in [0.05, 0.1) is 16.3 Å². The van der Waals surface area contributed by atoms with Gasteiger partial charge in [0.25, 0.3) is 0 Å². The molecule has 0 atom stereocenters. The van der Waals surface area contributed by atoms with E-state index >= 15 is 0 Å². The summed E-state index contributed by atoms with van der Waals surface area (Å²) < 4.78 is 99.7. The summed E-state index contributed by atoms with van der Waals surface area (Å²) in [5.41, 5.74) is -2.27. The van der Waals surface area contributed by atoms with Gasteiger partial charge < -0.3 is 0 Å². The van der Waals surface area contributed by atoms with Crippen LogP contribution in [-0.2, 0) is 6.18 Å². The maximum absolute atomic E-state index is 12.9. The fourth-order valence-corrected chi connectivity index (χ4v) is 1.83. The second-order valence-electron chi connectivity index (χ2n) is 4.10. The molecular formula is C11H5Cl2F8N. The summed E-state index contributed by atoms with van der Waals surface area (Å²) in [5, 5.41) is -2.91. The first-order valence-electron chi connectivity index (χ1n) is 5.24. The predicted octanol–water partition coefficient (Wildman–Crippen LogP) is 6.13. The van der Waals surface area contributed by atoms with Crippen molar-refractivity contribution in [1.82, 2.24) is 0 Å². The second kappa shape index (κ2) is 5.84. The number of aliphatic imine (C=N–C) groups is 1. The lowest BCUT2D eigenvalue weighted by Gasteiger charge is -2.18. The van der Waals surface area contributed by atoms with E-state index in [9.17, 15) is 35.1 Å². The summed E-state index contributed by atoms with van der Waals surface area (Å²) in [5.74, 6) is -5.45. The first-order valence-corrected chi connectivity index (χ1v) is 6.00. The molecule has 124 valence electrons. The zero-order valence-corrected chi connectivity index (χ0v) is 11.9. The van der Waals surface area contributed by atoms with Crippen molar-refractivity contribution >= 4 is 34.1 Å². The lowest BCUT2D eigenvalue weighted by molar-refractivity contribution is -0.248. The molecule has 0 saturated carbocycles. The van der Waals surface area contributed by atoms with Crippen molar-refractivity contribution in [2.24, 2.45) is 4.99 Å². The highest BCUT2D eigenvalue weighted by Crippen LogP contribution is 2.41. The molecule has 0 radical (unpaired) electrons. The van der Waals surface area contributed by atoms with E-state index in [1.54, 1.807) is 0 Å². The van der Waals surface area contributed by atoms with Gasteiger partial charge in [-0.1, -0.05) is 23.2 Å². The Hall–Kier alpha value is -1.09. The Morgan fingerprint density at radius 3 is 1.86 bits per heavy atom. The zero-order chi connectivity index (χ0) is 17.5. The Labute approximate surface area is 128 Å². The first kappa shape index (κ1) is 19.0. The molecule has 0 N–H and O–H groups in total. The summed E-state index contributed by atoms with van der Waals surface area (Å²) in [7, 11) is 0. The molecule has 1 rings (SSSR count). The number of hydrogen-bond acceptors (Lipinski definition) is 1. The number of aryl methyl sites for hydroxylation is 1. The molecule has 1 aromatic rings. The molecule has 11 heteroatoms. The molecule has 22 heavy (non-hydrogen) atoms. The molecular weight excluding hydrogens is 369 g/mol. The molecule has 0 aliphatic heterocycles. The van der Waals surface area contributed by atoms with Crippen LogP contribution in [0.1, 0.15) is 11.1 Å². The van der Waals surface area contributed by atoms with Crippen molar-refractivity contribution in [3.8, 4) is 0 Å². The minimum atomic E-state index is -6.00. The Balaban J connectivity index is 3.39. The third-order valence-electron chi connectivity index (χ3n) is 2.41. The molecule has 0 aliphatic carbocycles. The molecule has 0 fully saturated rings. The van der Waals surface area contributed by atoms with Gasteiger partial charge in [-0.2, -0.15) is 35.1 Å². The SMILES string of the molecule is Cc1cc(C(F)(F)F)cc(Cl)c1N=C(Cl)C(F)(F)C(F)(F)F. The van der Waals surface area contributed by atoms with E-state index in [1.165, 1.54) is 0 Å². The average Bonchev–Trinajstić information content (AvgIpc) is 2.30. The van der Waals surface area contributed by atoms with Gasteiger partial charge in [-0.3, -0.25) is 0 Å². The Morgan fingerprint density at radius 1 is 1.00 bits per heavy atom. The normalized spacial score (nSPS) is 14.4. The van der Waals surface area contributed by atoms with Crippen molar-refractivity contribution in [3.63, 3.8) is 0 Å². The maximum Gasteiger partial charge on any atom is 0.460 e. The number of alkyl halides is 8. The number of benzene rings is 1. The second-order valence-corrected chi connectivity index (χ2v) is 4.86. The highest BCUT2D eigenvalue weighted by atomic mass is 35.5. The van der Waals surface area contributed by atoms with E-state index in [1.807, 2.05) is 0 Å². The van der Waals surface area contributed by atoms with Crippen molar-refractivity contribution in [1.29, 1.82) is 0 Å². The molecule has 0 bridgehead atoms. The van der Waals surface area contributed by atoms with Crippen LogP contribution in [0.25, 0.3) is 0 Å². The van der Waals surface area contributed by atoms with Crippen molar-refractivity contribution in [3.05, 3.63) is 28.3 Å². The molecule has 0 heterocycles. The number of halogens is 10. The van der Waals surface area contributed by atoms with Crippen molar-refractivity contribution in [2.45, 2.75) is 25.2 Å². The van der Waals surface area contributed by atoms with Crippen LogP contribution in [0.15, 0.2) is 17.1 Å². The minimum absolute atomic E-state index is 0.350. The largest absolute Gasteiger partial charge is 0.460 e. The van der Waals surface area contributed by atoms with Crippen LogP contribution < -0.4 is 0 Å². The summed E-state index contributed by atoms with van der Waals surface area (Å²) in [6.07, 6.45) is -10.8. The van der Waals surface area contributed by atoms with Crippen LogP contribution in [0.3, 0.4) is 0 Å². The molecule has 0 unspecified atom stereocenters. The van der Waals surface area contributed by atoms with E-state index in [0.717, 1.165) is 6.92 Å². The van der Waals surface area contributed by atoms with Crippen LogP contribution in [0.4, 0.5) is 40.8 Å². The summed E-state index contributed by atoms with van der Waals surface area (Å²) in [4.78, 5) is 2.83. The topological polar surface area (TPSA) is 12.4 Å². The van der Waals surface area contributed by atoms with Gasteiger partial charge in [-0.05, 0) is 24.6 Å². The van der Waals surface area contributed by atoms with Gasteiger partial charge in [-0.25, -0.2) is 4.99 Å². The fourth-order valence-electron chi connectivity index (χ4n) is 1.33. The molecule has 1 aromatic carbocycles. The van der Waals surface area contributed by atoms with Gasteiger partial charge in [0.1, 0.15) is 0 Å². The predicted molar refractivity (Wildman–Crippen MR) is 65.1 cm³/mol. The van der Waals surface area contributed by atoms with Crippen molar-refractivity contribution < 1.29 is 35.1 Å².